The van der Waals surface area contributed by atoms with E-state index in [2.05, 4.69) is 15.2 Å². The number of carbonyl (C=O) groups is 1. The van der Waals surface area contributed by atoms with E-state index in [0.717, 1.165) is 42.9 Å². The molecule has 1 fully saturated rings. The van der Waals surface area contributed by atoms with Crippen LogP contribution < -0.4 is 16.0 Å². The van der Waals surface area contributed by atoms with Crippen LogP contribution in [-0.4, -0.2) is 31.0 Å². The molecule has 1 aromatic heterocycles. The number of pyridine rings is 1. The fourth-order valence-corrected chi connectivity index (χ4v) is 2.69. The van der Waals surface area contributed by atoms with E-state index in [1.165, 1.54) is 0 Å². The number of nitrogens with zero attached hydrogens (tertiary/aromatic N) is 2. The van der Waals surface area contributed by atoms with Crippen molar-refractivity contribution in [1.82, 2.24) is 10.3 Å². The molecule has 5 nitrogen and oxygen atoms in total. The normalized spacial score (nSPS) is 19.3. The van der Waals surface area contributed by atoms with Crippen LogP contribution in [0.15, 0.2) is 12.3 Å². The molecule has 0 radical (unpaired) electrons. The van der Waals surface area contributed by atoms with Crippen LogP contribution in [0.5, 0.6) is 0 Å². The van der Waals surface area contributed by atoms with Crippen molar-refractivity contribution in [2.24, 2.45) is 11.7 Å². The van der Waals surface area contributed by atoms with Gasteiger partial charge >= 0.3 is 0 Å². The first-order valence-electron chi connectivity index (χ1n) is 6.78. The van der Waals surface area contributed by atoms with Gasteiger partial charge in [-0.15, -0.1) is 0 Å². The molecule has 0 saturated carbocycles. The van der Waals surface area contributed by atoms with E-state index in [9.17, 15) is 4.79 Å². The Bertz CT molecular complexity index is 461. The maximum absolute atomic E-state index is 11.8. The highest BCUT2D eigenvalue weighted by molar-refractivity contribution is 5.79. The predicted molar refractivity (Wildman–Crippen MR) is 75.9 cm³/mol. The summed E-state index contributed by atoms with van der Waals surface area (Å²) in [5, 5.41) is 2.74. The summed E-state index contributed by atoms with van der Waals surface area (Å²) >= 11 is 0. The van der Waals surface area contributed by atoms with E-state index < -0.39 is 0 Å². The Labute approximate surface area is 114 Å². The number of nitrogens with one attached hydrogen (secondary N) is 1. The summed E-state index contributed by atoms with van der Waals surface area (Å²) < 4.78 is 0. The summed E-state index contributed by atoms with van der Waals surface area (Å²) in [7, 11) is 1.69. The van der Waals surface area contributed by atoms with Crippen LogP contribution in [-0.2, 0) is 11.3 Å². The minimum atomic E-state index is 0.0479. The topological polar surface area (TPSA) is 71.2 Å². The lowest BCUT2D eigenvalue weighted by molar-refractivity contribution is -0.124. The van der Waals surface area contributed by atoms with Gasteiger partial charge in [-0.2, -0.15) is 0 Å². The minimum Gasteiger partial charge on any atom is -0.359 e. The first-order chi connectivity index (χ1) is 9.17. The third kappa shape index (κ3) is 2.87. The van der Waals surface area contributed by atoms with Crippen molar-refractivity contribution in [2.75, 3.05) is 25.0 Å². The lowest BCUT2D eigenvalue weighted by atomic mass is 9.96. The van der Waals surface area contributed by atoms with Crippen molar-refractivity contribution in [3.63, 3.8) is 0 Å². The number of aromatic nitrogens is 1. The number of anilines is 1. The molecule has 1 aliphatic heterocycles. The molecule has 0 aliphatic carbocycles. The minimum absolute atomic E-state index is 0.0479. The summed E-state index contributed by atoms with van der Waals surface area (Å²) in [6, 6.07) is 1.98. The molecular formula is C14H22N4O. The molecular weight excluding hydrogens is 240 g/mol. The van der Waals surface area contributed by atoms with Gasteiger partial charge in [0.05, 0.1) is 5.92 Å². The number of rotatable bonds is 3. The van der Waals surface area contributed by atoms with Gasteiger partial charge in [-0.25, -0.2) is 4.98 Å². The van der Waals surface area contributed by atoms with Crippen molar-refractivity contribution in [1.29, 1.82) is 0 Å². The summed E-state index contributed by atoms with van der Waals surface area (Å²) in [5.41, 5.74) is 8.08. The second kappa shape index (κ2) is 6.02. The first-order valence-corrected chi connectivity index (χ1v) is 6.78. The average Bonchev–Trinajstić information content (AvgIpc) is 2.46. The predicted octanol–water partition coefficient (Wildman–Crippen LogP) is 0.811. The number of carbonyl (C=O) groups excluding carboxylic acids is 1. The zero-order valence-electron chi connectivity index (χ0n) is 11.6. The van der Waals surface area contributed by atoms with Gasteiger partial charge in [-0.3, -0.25) is 4.79 Å². The fourth-order valence-electron chi connectivity index (χ4n) is 2.69. The Morgan fingerprint density at radius 1 is 1.63 bits per heavy atom. The average molecular weight is 262 g/mol. The second-order valence-corrected chi connectivity index (χ2v) is 5.03. The van der Waals surface area contributed by atoms with E-state index in [4.69, 9.17) is 5.73 Å². The van der Waals surface area contributed by atoms with Gasteiger partial charge in [0.1, 0.15) is 5.82 Å². The van der Waals surface area contributed by atoms with E-state index in [0.29, 0.717) is 6.54 Å². The molecule has 0 bridgehead atoms. The molecule has 19 heavy (non-hydrogen) atoms. The maximum Gasteiger partial charge on any atom is 0.224 e. The van der Waals surface area contributed by atoms with E-state index >= 15 is 0 Å². The highest BCUT2D eigenvalue weighted by Gasteiger charge is 2.26. The van der Waals surface area contributed by atoms with Crippen LogP contribution in [0.25, 0.3) is 0 Å². The Kier molecular flexibility index (Phi) is 4.37. The molecule has 5 heteroatoms. The zero-order valence-corrected chi connectivity index (χ0v) is 11.6. The van der Waals surface area contributed by atoms with Gasteiger partial charge in [0, 0.05) is 38.4 Å². The van der Waals surface area contributed by atoms with Crippen LogP contribution in [0.2, 0.25) is 0 Å². The molecule has 0 spiro atoms. The van der Waals surface area contributed by atoms with Gasteiger partial charge in [0.2, 0.25) is 5.91 Å². The van der Waals surface area contributed by atoms with Crippen molar-refractivity contribution >= 4 is 11.7 Å². The van der Waals surface area contributed by atoms with Crippen LogP contribution in [0.3, 0.4) is 0 Å². The largest absolute Gasteiger partial charge is 0.359 e. The van der Waals surface area contributed by atoms with Crippen molar-refractivity contribution in [3.8, 4) is 0 Å². The monoisotopic (exact) mass is 262 g/mol. The maximum atomic E-state index is 11.8. The van der Waals surface area contributed by atoms with Crippen LogP contribution in [0.1, 0.15) is 24.0 Å². The van der Waals surface area contributed by atoms with Crippen LogP contribution in [0, 0.1) is 12.8 Å². The van der Waals surface area contributed by atoms with Crippen molar-refractivity contribution in [2.45, 2.75) is 26.3 Å². The van der Waals surface area contributed by atoms with E-state index in [-0.39, 0.29) is 11.8 Å². The Morgan fingerprint density at radius 2 is 2.42 bits per heavy atom. The molecule has 2 rings (SSSR count). The SMILES string of the molecule is CNC(=O)C1CCCN(c2nccc(C)c2CN)C1. The van der Waals surface area contributed by atoms with Crippen LogP contribution in [0.4, 0.5) is 5.82 Å². The molecule has 3 N–H and O–H groups in total. The Morgan fingerprint density at radius 3 is 3.11 bits per heavy atom. The summed E-state index contributed by atoms with van der Waals surface area (Å²) in [5.74, 6) is 1.11. The third-order valence-electron chi connectivity index (χ3n) is 3.81. The van der Waals surface area contributed by atoms with Gasteiger partial charge in [-0.1, -0.05) is 0 Å². The lowest BCUT2D eigenvalue weighted by Gasteiger charge is -2.34. The molecule has 2 heterocycles. The van der Waals surface area contributed by atoms with Crippen LogP contribution >= 0.6 is 0 Å². The third-order valence-corrected chi connectivity index (χ3v) is 3.81. The first kappa shape index (κ1) is 13.8. The molecule has 1 atom stereocenters. The zero-order chi connectivity index (χ0) is 13.8. The molecule has 1 aliphatic rings. The summed E-state index contributed by atoms with van der Waals surface area (Å²) in [6.07, 6.45) is 3.77. The van der Waals surface area contributed by atoms with Gasteiger partial charge in [0.25, 0.3) is 0 Å². The smallest absolute Gasteiger partial charge is 0.224 e. The Hall–Kier alpha value is -1.62. The number of amides is 1. The number of hydrogen-bond donors (Lipinski definition) is 2. The second-order valence-electron chi connectivity index (χ2n) is 5.03. The molecule has 104 valence electrons. The quantitative estimate of drug-likeness (QED) is 0.845. The highest BCUT2D eigenvalue weighted by atomic mass is 16.1. The standard InChI is InChI=1S/C14H22N4O/c1-10-5-6-17-13(12(10)8-15)18-7-3-4-11(9-18)14(19)16-2/h5-6,11H,3-4,7-9,15H2,1-2H3,(H,16,19). The van der Waals surface area contributed by atoms with E-state index in [1.54, 1.807) is 7.05 Å². The van der Waals surface area contributed by atoms with Gasteiger partial charge in [-0.05, 0) is 31.4 Å². The number of piperidine rings is 1. The molecule has 0 aromatic carbocycles. The molecule has 1 amide bonds. The van der Waals surface area contributed by atoms with Gasteiger partial charge in [0.15, 0.2) is 0 Å². The number of aryl methyl sites for hydroxylation is 1. The van der Waals surface area contributed by atoms with Crippen molar-refractivity contribution < 1.29 is 4.79 Å². The van der Waals surface area contributed by atoms with Gasteiger partial charge < -0.3 is 16.0 Å². The number of hydrogen-bond acceptors (Lipinski definition) is 4. The molecule has 1 aromatic rings. The summed E-state index contributed by atoms with van der Waals surface area (Å²) in [6.45, 7) is 4.20. The molecule has 1 unspecified atom stereocenters. The number of nitrogens with two attached hydrogens (primary N) is 1. The highest BCUT2D eigenvalue weighted by Crippen LogP contribution is 2.26. The van der Waals surface area contributed by atoms with Crippen molar-refractivity contribution in [3.05, 3.63) is 23.4 Å². The summed E-state index contributed by atoms with van der Waals surface area (Å²) in [4.78, 5) is 18.4. The Balaban J connectivity index is 2.22. The fraction of sp³-hybridized carbons (Fsp3) is 0.571. The van der Waals surface area contributed by atoms with E-state index in [1.807, 2.05) is 19.2 Å². The molecule has 1 saturated heterocycles. The lowest BCUT2D eigenvalue weighted by Crippen LogP contribution is -2.43.